The Labute approximate surface area is 109 Å². The van der Waals surface area contributed by atoms with Crippen LogP contribution in [-0.4, -0.2) is 19.8 Å². The summed E-state index contributed by atoms with van der Waals surface area (Å²) in [4.78, 5) is 0. The molecular weight excluding hydrogens is 228 g/mol. The quantitative estimate of drug-likeness (QED) is 0.805. The van der Waals surface area contributed by atoms with Crippen molar-refractivity contribution >= 4 is 5.69 Å². The van der Waals surface area contributed by atoms with Crippen LogP contribution in [0.2, 0.25) is 0 Å². The van der Waals surface area contributed by atoms with Crippen LogP contribution in [0.1, 0.15) is 20.8 Å². The van der Waals surface area contributed by atoms with Crippen LogP contribution >= 0.6 is 0 Å². The highest BCUT2D eigenvalue weighted by Gasteiger charge is 2.07. The fraction of sp³-hybridized carbons (Fsp3) is 0.500. The standard InChI is InChI=1S/C14H20N2O2/c1-4-17-12-6-7-14(18-5-2)13(8-12)16-10-11(3)9-15/h6-8,11,16H,4-5,10H2,1-3H3. The number of anilines is 1. The zero-order chi connectivity index (χ0) is 13.4. The van der Waals surface area contributed by atoms with Crippen LogP contribution in [0.25, 0.3) is 0 Å². The lowest BCUT2D eigenvalue weighted by Gasteiger charge is -2.14. The Hall–Kier alpha value is -1.89. The second-order valence-corrected chi connectivity index (χ2v) is 3.94. The van der Waals surface area contributed by atoms with Crippen LogP contribution < -0.4 is 14.8 Å². The monoisotopic (exact) mass is 248 g/mol. The molecule has 0 spiro atoms. The highest BCUT2D eigenvalue weighted by molar-refractivity contribution is 5.59. The van der Waals surface area contributed by atoms with Crippen LogP contribution in [-0.2, 0) is 0 Å². The van der Waals surface area contributed by atoms with Gasteiger partial charge in [0.25, 0.3) is 0 Å². The van der Waals surface area contributed by atoms with Crippen LogP contribution in [0.4, 0.5) is 5.69 Å². The van der Waals surface area contributed by atoms with Crippen molar-refractivity contribution in [2.75, 3.05) is 25.1 Å². The molecule has 1 unspecified atom stereocenters. The summed E-state index contributed by atoms with van der Waals surface area (Å²) in [6, 6.07) is 7.86. The second kappa shape index (κ2) is 7.44. The number of nitriles is 1. The summed E-state index contributed by atoms with van der Waals surface area (Å²) in [5, 5.41) is 12.0. The molecule has 0 saturated carbocycles. The van der Waals surface area contributed by atoms with Crippen LogP contribution in [0.15, 0.2) is 18.2 Å². The van der Waals surface area contributed by atoms with Crippen molar-refractivity contribution in [2.45, 2.75) is 20.8 Å². The van der Waals surface area contributed by atoms with Crippen molar-refractivity contribution in [1.82, 2.24) is 0 Å². The molecule has 0 aliphatic rings. The van der Waals surface area contributed by atoms with Gasteiger partial charge in [0.15, 0.2) is 0 Å². The molecule has 0 bridgehead atoms. The fourth-order valence-corrected chi connectivity index (χ4v) is 1.49. The summed E-state index contributed by atoms with van der Waals surface area (Å²) in [5.74, 6) is 1.54. The van der Waals surface area contributed by atoms with E-state index in [1.54, 1.807) is 0 Å². The Morgan fingerprint density at radius 3 is 2.61 bits per heavy atom. The molecule has 0 saturated heterocycles. The molecule has 0 amide bonds. The van der Waals surface area contributed by atoms with Crippen molar-refractivity contribution < 1.29 is 9.47 Å². The Morgan fingerprint density at radius 1 is 1.28 bits per heavy atom. The minimum Gasteiger partial charge on any atom is -0.494 e. The average molecular weight is 248 g/mol. The van der Waals surface area contributed by atoms with Crippen LogP contribution in [0, 0.1) is 17.2 Å². The zero-order valence-electron chi connectivity index (χ0n) is 11.2. The minimum atomic E-state index is -0.0461. The van der Waals surface area contributed by atoms with Gasteiger partial charge in [0.2, 0.25) is 0 Å². The number of hydrogen-bond donors (Lipinski definition) is 1. The molecule has 18 heavy (non-hydrogen) atoms. The van der Waals surface area contributed by atoms with E-state index in [-0.39, 0.29) is 5.92 Å². The SMILES string of the molecule is CCOc1ccc(OCC)c(NCC(C)C#N)c1. The largest absolute Gasteiger partial charge is 0.494 e. The fourth-order valence-electron chi connectivity index (χ4n) is 1.49. The van der Waals surface area contributed by atoms with Gasteiger partial charge >= 0.3 is 0 Å². The van der Waals surface area contributed by atoms with Crippen molar-refractivity contribution in [3.63, 3.8) is 0 Å². The molecule has 1 aromatic carbocycles. The first kappa shape index (κ1) is 14.2. The van der Waals surface area contributed by atoms with Gasteiger partial charge in [-0.15, -0.1) is 0 Å². The third-order valence-corrected chi connectivity index (χ3v) is 2.38. The topological polar surface area (TPSA) is 54.3 Å². The molecule has 1 aromatic rings. The summed E-state index contributed by atoms with van der Waals surface area (Å²) in [5.41, 5.74) is 0.866. The van der Waals surface area contributed by atoms with E-state index in [0.29, 0.717) is 19.8 Å². The van der Waals surface area contributed by atoms with Gasteiger partial charge in [0, 0.05) is 12.6 Å². The first-order valence-corrected chi connectivity index (χ1v) is 6.24. The van der Waals surface area contributed by atoms with E-state index in [9.17, 15) is 0 Å². The summed E-state index contributed by atoms with van der Waals surface area (Å²) >= 11 is 0. The molecule has 0 aromatic heterocycles. The molecule has 0 aliphatic carbocycles. The number of nitrogens with one attached hydrogen (secondary N) is 1. The summed E-state index contributed by atoms with van der Waals surface area (Å²) in [6.07, 6.45) is 0. The van der Waals surface area contributed by atoms with E-state index >= 15 is 0 Å². The molecule has 0 heterocycles. The average Bonchev–Trinajstić information content (AvgIpc) is 2.39. The molecule has 1 rings (SSSR count). The Morgan fingerprint density at radius 2 is 2.00 bits per heavy atom. The molecule has 0 radical (unpaired) electrons. The number of ether oxygens (including phenoxy) is 2. The summed E-state index contributed by atoms with van der Waals surface area (Å²) in [7, 11) is 0. The smallest absolute Gasteiger partial charge is 0.142 e. The van der Waals surface area contributed by atoms with Gasteiger partial charge in [-0.3, -0.25) is 0 Å². The maximum atomic E-state index is 8.78. The van der Waals surface area contributed by atoms with Crippen molar-refractivity contribution in [3.05, 3.63) is 18.2 Å². The Balaban J connectivity index is 2.82. The second-order valence-electron chi connectivity index (χ2n) is 3.94. The van der Waals surface area contributed by atoms with Crippen LogP contribution in [0.3, 0.4) is 0 Å². The van der Waals surface area contributed by atoms with Gasteiger partial charge < -0.3 is 14.8 Å². The molecule has 4 nitrogen and oxygen atoms in total. The van der Waals surface area contributed by atoms with Gasteiger partial charge in [-0.2, -0.15) is 5.26 Å². The van der Waals surface area contributed by atoms with Crippen LogP contribution in [0.5, 0.6) is 11.5 Å². The zero-order valence-corrected chi connectivity index (χ0v) is 11.2. The van der Waals surface area contributed by atoms with Crippen molar-refractivity contribution in [1.29, 1.82) is 5.26 Å². The molecule has 98 valence electrons. The van der Waals surface area contributed by atoms with E-state index in [1.165, 1.54) is 0 Å². The molecule has 1 N–H and O–H groups in total. The summed E-state index contributed by atoms with van der Waals surface area (Å²) in [6.45, 7) is 7.59. The van der Waals surface area contributed by atoms with E-state index in [2.05, 4.69) is 11.4 Å². The van der Waals surface area contributed by atoms with Gasteiger partial charge in [0.05, 0.1) is 30.9 Å². The van der Waals surface area contributed by atoms with E-state index in [0.717, 1.165) is 17.2 Å². The number of nitrogens with zero attached hydrogens (tertiary/aromatic N) is 1. The van der Waals surface area contributed by atoms with Gasteiger partial charge in [-0.1, -0.05) is 0 Å². The van der Waals surface area contributed by atoms with Gasteiger partial charge in [-0.25, -0.2) is 0 Å². The Bertz CT molecular complexity index is 413. The van der Waals surface area contributed by atoms with E-state index in [4.69, 9.17) is 14.7 Å². The molecule has 4 heteroatoms. The number of benzene rings is 1. The van der Waals surface area contributed by atoms with Gasteiger partial charge in [-0.05, 0) is 32.9 Å². The first-order chi connectivity index (χ1) is 8.71. The van der Waals surface area contributed by atoms with E-state index in [1.807, 2.05) is 39.0 Å². The maximum absolute atomic E-state index is 8.78. The molecule has 0 fully saturated rings. The third-order valence-electron chi connectivity index (χ3n) is 2.38. The van der Waals surface area contributed by atoms with Gasteiger partial charge in [0.1, 0.15) is 11.5 Å². The minimum absolute atomic E-state index is 0.0461. The highest BCUT2D eigenvalue weighted by Crippen LogP contribution is 2.29. The number of rotatable bonds is 7. The molecule has 0 aliphatic heterocycles. The van der Waals surface area contributed by atoms with Crippen molar-refractivity contribution in [2.24, 2.45) is 5.92 Å². The van der Waals surface area contributed by atoms with Crippen molar-refractivity contribution in [3.8, 4) is 17.6 Å². The Kier molecular flexibility index (Phi) is 5.86. The lowest BCUT2D eigenvalue weighted by molar-refractivity contribution is 0.332. The highest BCUT2D eigenvalue weighted by atomic mass is 16.5. The maximum Gasteiger partial charge on any atom is 0.142 e. The number of hydrogen-bond acceptors (Lipinski definition) is 4. The normalized spacial score (nSPS) is 11.4. The lowest BCUT2D eigenvalue weighted by atomic mass is 10.2. The summed E-state index contributed by atoms with van der Waals surface area (Å²) < 4.78 is 11.0. The predicted molar refractivity (Wildman–Crippen MR) is 72.0 cm³/mol. The predicted octanol–water partition coefficient (Wildman–Crippen LogP) is 3.06. The first-order valence-electron chi connectivity index (χ1n) is 6.24. The van der Waals surface area contributed by atoms with E-state index < -0.39 is 0 Å². The molecule has 1 atom stereocenters. The third kappa shape index (κ3) is 4.17. The molecular formula is C14H20N2O2. The lowest BCUT2D eigenvalue weighted by Crippen LogP contribution is -2.10.